The Morgan fingerprint density at radius 2 is 1.67 bits per heavy atom. The molecule has 0 spiro atoms. The molecule has 0 unspecified atom stereocenters. The number of halogens is 3. The van der Waals surface area contributed by atoms with Gasteiger partial charge in [0.1, 0.15) is 5.75 Å². The number of rotatable bonds is 5. The molecule has 3 rings (SSSR count). The number of alkyl halides is 3. The second-order valence-corrected chi connectivity index (χ2v) is 8.20. The molecule has 0 atom stereocenters. The highest BCUT2D eigenvalue weighted by molar-refractivity contribution is 7.92. The number of ether oxygens (including phenoxy) is 1. The zero-order valence-electron chi connectivity index (χ0n) is 13.8. The Kier molecular flexibility index (Phi) is 5.11. The van der Waals surface area contributed by atoms with Crippen LogP contribution in [-0.4, -0.2) is 19.8 Å². The number of thiazole rings is 1. The molecule has 0 amide bonds. The summed E-state index contributed by atoms with van der Waals surface area (Å²) in [5.41, 5.74) is 1.96. The average molecular weight is 414 g/mol. The zero-order valence-corrected chi connectivity index (χ0v) is 15.5. The minimum absolute atomic E-state index is 0.184. The Morgan fingerprint density at radius 1 is 1.04 bits per heavy atom. The third-order valence-electron chi connectivity index (χ3n) is 3.42. The van der Waals surface area contributed by atoms with Gasteiger partial charge in [-0.25, -0.2) is 13.4 Å². The van der Waals surface area contributed by atoms with E-state index in [9.17, 15) is 21.6 Å². The molecule has 3 aromatic rings. The molecule has 1 heterocycles. The second-order valence-electron chi connectivity index (χ2n) is 5.45. The fourth-order valence-corrected chi connectivity index (χ4v) is 3.92. The van der Waals surface area contributed by atoms with Gasteiger partial charge < -0.3 is 4.74 Å². The molecule has 1 N–H and O–H groups in total. The molecule has 2 aromatic carbocycles. The number of nitrogens with zero attached hydrogens (tertiary/aromatic N) is 1. The highest BCUT2D eigenvalue weighted by Gasteiger charge is 2.31. The number of benzene rings is 2. The van der Waals surface area contributed by atoms with Gasteiger partial charge in [-0.05, 0) is 43.3 Å². The molecule has 1 aromatic heterocycles. The van der Waals surface area contributed by atoms with Crippen LogP contribution in [0.2, 0.25) is 0 Å². The molecule has 0 aliphatic carbocycles. The Bertz CT molecular complexity index is 1030. The van der Waals surface area contributed by atoms with E-state index in [1.165, 1.54) is 11.3 Å². The molecule has 27 heavy (non-hydrogen) atoms. The van der Waals surface area contributed by atoms with Gasteiger partial charge in [-0.3, -0.25) is 4.72 Å². The van der Waals surface area contributed by atoms with Gasteiger partial charge in [-0.1, -0.05) is 12.1 Å². The van der Waals surface area contributed by atoms with E-state index >= 15 is 0 Å². The van der Waals surface area contributed by atoms with Crippen molar-refractivity contribution >= 4 is 27.0 Å². The summed E-state index contributed by atoms with van der Waals surface area (Å²) in [5.74, 6) is -0.496. The Labute approximate surface area is 157 Å². The number of aromatic nitrogens is 1. The van der Waals surface area contributed by atoms with Crippen LogP contribution in [0.15, 0.2) is 58.8 Å². The lowest BCUT2D eigenvalue weighted by Crippen LogP contribution is -2.17. The summed E-state index contributed by atoms with van der Waals surface area (Å²) in [7, 11) is -3.95. The van der Waals surface area contributed by atoms with Gasteiger partial charge >= 0.3 is 6.36 Å². The highest BCUT2D eigenvalue weighted by Crippen LogP contribution is 2.26. The standard InChI is InChI=1S/C17H13F3N2O3S2/c1-11-21-16(10-26-11)12-2-4-13(5-3-12)22-27(23,24)15-8-6-14(7-9-15)25-17(18,19)20/h2-10,22H,1H3. The average Bonchev–Trinajstić information content (AvgIpc) is 3.01. The topological polar surface area (TPSA) is 68.3 Å². The molecule has 0 saturated carbocycles. The predicted octanol–water partition coefficient (Wildman–Crippen LogP) is 4.82. The van der Waals surface area contributed by atoms with Crippen molar-refractivity contribution in [3.8, 4) is 17.0 Å². The minimum Gasteiger partial charge on any atom is -0.406 e. The van der Waals surface area contributed by atoms with Crippen LogP contribution in [0, 0.1) is 6.92 Å². The fraction of sp³-hybridized carbons (Fsp3) is 0.118. The molecule has 0 fully saturated rings. The van der Waals surface area contributed by atoms with Crippen molar-refractivity contribution in [1.82, 2.24) is 4.98 Å². The smallest absolute Gasteiger partial charge is 0.406 e. The fourth-order valence-electron chi connectivity index (χ4n) is 2.24. The van der Waals surface area contributed by atoms with Crippen molar-refractivity contribution in [2.24, 2.45) is 0 Å². The largest absolute Gasteiger partial charge is 0.573 e. The molecule has 0 aliphatic rings. The van der Waals surface area contributed by atoms with Gasteiger partial charge in [0.15, 0.2) is 0 Å². The maximum atomic E-state index is 12.4. The maximum absolute atomic E-state index is 12.4. The third kappa shape index (κ3) is 4.98. The van der Waals surface area contributed by atoms with Crippen LogP contribution in [0.5, 0.6) is 5.75 Å². The van der Waals surface area contributed by atoms with E-state index in [1.54, 1.807) is 24.3 Å². The summed E-state index contributed by atoms with van der Waals surface area (Å²) in [6.45, 7) is 1.89. The van der Waals surface area contributed by atoms with Gasteiger partial charge in [-0.15, -0.1) is 24.5 Å². The van der Waals surface area contributed by atoms with Gasteiger partial charge in [0.2, 0.25) is 0 Å². The van der Waals surface area contributed by atoms with E-state index in [0.717, 1.165) is 40.5 Å². The summed E-state index contributed by atoms with van der Waals surface area (Å²) in [6.07, 6.45) is -4.84. The van der Waals surface area contributed by atoms with E-state index in [1.807, 2.05) is 12.3 Å². The van der Waals surface area contributed by atoms with Crippen molar-refractivity contribution in [1.29, 1.82) is 0 Å². The van der Waals surface area contributed by atoms with Crippen LogP contribution in [0.3, 0.4) is 0 Å². The summed E-state index contributed by atoms with van der Waals surface area (Å²) in [4.78, 5) is 4.17. The Morgan fingerprint density at radius 3 is 2.19 bits per heavy atom. The molecule has 10 heteroatoms. The van der Waals surface area contributed by atoms with Gasteiger partial charge in [0.25, 0.3) is 10.0 Å². The van der Waals surface area contributed by atoms with Gasteiger partial charge in [0, 0.05) is 16.6 Å². The van der Waals surface area contributed by atoms with Crippen LogP contribution in [0.1, 0.15) is 5.01 Å². The normalized spacial score (nSPS) is 12.0. The molecular formula is C17H13F3N2O3S2. The Hall–Kier alpha value is -2.59. The number of hydrogen-bond acceptors (Lipinski definition) is 5. The van der Waals surface area contributed by atoms with E-state index in [0.29, 0.717) is 5.69 Å². The van der Waals surface area contributed by atoms with Crippen LogP contribution in [-0.2, 0) is 10.0 Å². The maximum Gasteiger partial charge on any atom is 0.573 e. The lowest BCUT2D eigenvalue weighted by atomic mass is 10.1. The summed E-state index contributed by atoms with van der Waals surface area (Å²) in [5, 5.41) is 2.83. The molecular weight excluding hydrogens is 401 g/mol. The number of anilines is 1. The highest BCUT2D eigenvalue weighted by atomic mass is 32.2. The molecule has 0 saturated heterocycles. The number of nitrogens with one attached hydrogen (secondary N) is 1. The van der Waals surface area contributed by atoms with Crippen LogP contribution in [0.25, 0.3) is 11.3 Å². The van der Waals surface area contributed by atoms with Crippen molar-refractivity contribution in [3.63, 3.8) is 0 Å². The van der Waals surface area contributed by atoms with Gasteiger partial charge in [0.05, 0.1) is 15.6 Å². The van der Waals surface area contributed by atoms with Crippen molar-refractivity contribution in [2.45, 2.75) is 18.2 Å². The number of hydrogen-bond donors (Lipinski definition) is 1. The lowest BCUT2D eigenvalue weighted by Gasteiger charge is -2.11. The monoisotopic (exact) mass is 414 g/mol. The van der Waals surface area contributed by atoms with Crippen LogP contribution >= 0.6 is 11.3 Å². The Balaban J connectivity index is 1.74. The first-order valence-corrected chi connectivity index (χ1v) is 9.90. The van der Waals surface area contributed by atoms with E-state index in [2.05, 4.69) is 14.4 Å². The summed E-state index contributed by atoms with van der Waals surface area (Å²) in [6, 6.07) is 10.6. The minimum atomic E-state index is -4.84. The van der Waals surface area contributed by atoms with Crippen LogP contribution in [0.4, 0.5) is 18.9 Å². The van der Waals surface area contributed by atoms with E-state index in [-0.39, 0.29) is 4.90 Å². The predicted molar refractivity (Wildman–Crippen MR) is 96.2 cm³/mol. The first-order chi connectivity index (χ1) is 12.6. The van der Waals surface area contributed by atoms with Gasteiger partial charge in [-0.2, -0.15) is 0 Å². The molecule has 0 aliphatic heterocycles. The number of sulfonamides is 1. The van der Waals surface area contributed by atoms with E-state index < -0.39 is 22.1 Å². The third-order valence-corrected chi connectivity index (χ3v) is 5.59. The molecule has 142 valence electrons. The quantitative estimate of drug-likeness (QED) is 0.650. The van der Waals surface area contributed by atoms with E-state index in [4.69, 9.17) is 0 Å². The first-order valence-electron chi connectivity index (χ1n) is 7.54. The number of aryl methyl sites for hydroxylation is 1. The summed E-state index contributed by atoms with van der Waals surface area (Å²) < 4.78 is 67.3. The molecule has 0 bridgehead atoms. The van der Waals surface area contributed by atoms with Crippen molar-refractivity contribution < 1.29 is 26.3 Å². The van der Waals surface area contributed by atoms with Crippen LogP contribution < -0.4 is 9.46 Å². The SMILES string of the molecule is Cc1nc(-c2ccc(NS(=O)(=O)c3ccc(OC(F)(F)F)cc3)cc2)cs1. The summed E-state index contributed by atoms with van der Waals surface area (Å²) >= 11 is 1.51. The molecule has 5 nitrogen and oxygen atoms in total. The first kappa shape index (κ1) is 19.2. The van der Waals surface area contributed by atoms with Crippen molar-refractivity contribution in [2.75, 3.05) is 4.72 Å². The molecule has 0 radical (unpaired) electrons. The lowest BCUT2D eigenvalue weighted by molar-refractivity contribution is -0.274. The zero-order chi connectivity index (χ0) is 19.7. The second kappa shape index (κ2) is 7.20. The van der Waals surface area contributed by atoms with Crippen molar-refractivity contribution in [3.05, 3.63) is 58.9 Å².